The number of aliphatic hydroxyl groups excluding tert-OH is 1. The smallest absolute Gasteiger partial charge is 0.184 e. The van der Waals surface area contributed by atoms with Crippen LogP contribution >= 0.6 is 0 Å². The molecule has 2 heterocycles. The monoisotopic (exact) mass is 377 g/mol. The minimum absolute atomic E-state index is 0.205. The molecule has 1 aromatic rings. The van der Waals surface area contributed by atoms with Crippen LogP contribution in [0.3, 0.4) is 0 Å². The van der Waals surface area contributed by atoms with Gasteiger partial charge in [-0.05, 0) is 18.4 Å². The third-order valence-corrected chi connectivity index (χ3v) is 4.99. The molecule has 0 aromatic heterocycles. The molecule has 0 bridgehead atoms. The van der Waals surface area contributed by atoms with Gasteiger partial charge in [-0.2, -0.15) is 0 Å². The number of benzene rings is 1. The number of nitrogens with zero attached hydrogens (tertiary/aromatic N) is 3. The number of azide groups is 1. The maximum absolute atomic E-state index is 10.7. The average Bonchev–Trinajstić information content (AvgIpc) is 2.71. The Balaban J connectivity index is 1.47. The van der Waals surface area contributed by atoms with E-state index in [4.69, 9.17) is 24.5 Å². The molecule has 0 radical (unpaired) electrons. The topological polar surface area (TPSA) is 106 Å². The third-order valence-electron chi connectivity index (χ3n) is 4.99. The molecule has 6 atom stereocenters. The minimum atomic E-state index is -0.686. The van der Waals surface area contributed by atoms with Gasteiger partial charge in [0.2, 0.25) is 0 Å². The van der Waals surface area contributed by atoms with Crippen LogP contribution in [0.5, 0.6) is 0 Å². The van der Waals surface area contributed by atoms with Crippen LogP contribution in [0.2, 0.25) is 0 Å². The van der Waals surface area contributed by atoms with Gasteiger partial charge < -0.3 is 24.1 Å². The second kappa shape index (κ2) is 10.0. The van der Waals surface area contributed by atoms with E-state index in [1.165, 1.54) is 0 Å². The maximum Gasteiger partial charge on any atom is 0.184 e. The van der Waals surface area contributed by atoms with Gasteiger partial charge in [-0.25, -0.2) is 0 Å². The number of fused-ring (bicyclic) bond motifs is 1. The summed E-state index contributed by atoms with van der Waals surface area (Å²) in [5, 5.41) is 14.2. The van der Waals surface area contributed by atoms with Crippen molar-refractivity contribution in [2.24, 2.45) is 11.0 Å². The number of ether oxygens (including phenoxy) is 4. The highest BCUT2D eigenvalue weighted by molar-refractivity contribution is 5.16. The normalized spacial score (nSPS) is 33.1. The van der Waals surface area contributed by atoms with Gasteiger partial charge in [0.05, 0.1) is 12.7 Å². The van der Waals surface area contributed by atoms with Gasteiger partial charge in [0, 0.05) is 29.5 Å². The van der Waals surface area contributed by atoms with Gasteiger partial charge >= 0.3 is 0 Å². The van der Waals surface area contributed by atoms with Crippen molar-refractivity contribution in [2.75, 3.05) is 19.8 Å². The van der Waals surface area contributed by atoms with E-state index in [9.17, 15) is 5.11 Å². The minimum Gasteiger partial charge on any atom is -0.390 e. The van der Waals surface area contributed by atoms with Crippen molar-refractivity contribution in [1.29, 1.82) is 0 Å². The fourth-order valence-corrected chi connectivity index (χ4v) is 3.40. The Hall–Kier alpha value is -1.67. The van der Waals surface area contributed by atoms with E-state index in [1.807, 2.05) is 37.3 Å². The maximum atomic E-state index is 10.7. The lowest BCUT2D eigenvalue weighted by atomic mass is 9.91. The van der Waals surface area contributed by atoms with Crippen LogP contribution in [-0.2, 0) is 18.9 Å². The Labute approximate surface area is 159 Å². The van der Waals surface area contributed by atoms with Crippen LogP contribution in [0, 0.1) is 5.92 Å². The standard InChI is InChI=1S/C19H27N3O5/c1-13-16(23)17-15(12-25-19(27-17)14-8-4-2-5-9-14)26-18(13)24-11-7-3-6-10-21-22-20/h2,4-5,8-9,13,15-19,23H,3,6-7,10-12H2,1H3/t13?,15?,16-,17-,18-,19?/m1/s1. The van der Waals surface area contributed by atoms with E-state index in [-0.39, 0.29) is 12.0 Å². The number of unbranched alkanes of at least 4 members (excludes halogenated alkanes) is 2. The van der Waals surface area contributed by atoms with Crippen LogP contribution in [0.15, 0.2) is 35.4 Å². The van der Waals surface area contributed by atoms with Crippen molar-refractivity contribution in [3.63, 3.8) is 0 Å². The molecule has 0 saturated carbocycles. The quantitative estimate of drug-likeness (QED) is 0.324. The molecule has 1 aromatic carbocycles. The number of aliphatic hydroxyl groups is 1. The Morgan fingerprint density at radius 2 is 2.04 bits per heavy atom. The molecular weight excluding hydrogens is 350 g/mol. The Morgan fingerprint density at radius 3 is 2.81 bits per heavy atom. The van der Waals surface area contributed by atoms with E-state index in [2.05, 4.69) is 10.0 Å². The molecule has 8 heteroatoms. The fraction of sp³-hybridized carbons (Fsp3) is 0.684. The molecule has 0 spiro atoms. The second-order valence-electron chi connectivity index (χ2n) is 6.96. The van der Waals surface area contributed by atoms with E-state index in [0.29, 0.717) is 19.8 Å². The summed E-state index contributed by atoms with van der Waals surface area (Å²) in [5.41, 5.74) is 9.17. The van der Waals surface area contributed by atoms with Crippen molar-refractivity contribution in [3.8, 4) is 0 Å². The molecule has 0 amide bonds. The van der Waals surface area contributed by atoms with Gasteiger partial charge in [0.25, 0.3) is 0 Å². The molecule has 3 rings (SSSR count). The zero-order valence-corrected chi connectivity index (χ0v) is 15.5. The second-order valence-corrected chi connectivity index (χ2v) is 6.96. The van der Waals surface area contributed by atoms with Gasteiger partial charge in [0.15, 0.2) is 12.6 Å². The SMILES string of the molecule is CC1[C@H](OCCCCCN=[N+]=[N-])OC2COC(c3ccccc3)O[C@H]2[C@@H]1O. The summed E-state index contributed by atoms with van der Waals surface area (Å²) in [4.78, 5) is 2.73. The molecule has 0 aliphatic carbocycles. The average molecular weight is 377 g/mol. The Kier molecular flexibility index (Phi) is 7.46. The lowest BCUT2D eigenvalue weighted by Crippen LogP contribution is -2.59. The summed E-state index contributed by atoms with van der Waals surface area (Å²) in [7, 11) is 0. The van der Waals surface area contributed by atoms with E-state index < -0.39 is 24.8 Å². The molecule has 8 nitrogen and oxygen atoms in total. The first-order valence-electron chi connectivity index (χ1n) is 9.48. The Morgan fingerprint density at radius 1 is 1.22 bits per heavy atom. The fourth-order valence-electron chi connectivity index (χ4n) is 3.40. The largest absolute Gasteiger partial charge is 0.390 e. The summed E-state index contributed by atoms with van der Waals surface area (Å²) >= 11 is 0. The van der Waals surface area contributed by atoms with Crippen LogP contribution in [0.1, 0.15) is 38.0 Å². The first-order valence-corrected chi connectivity index (χ1v) is 9.48. The molecule has 27 heavy (non-hydrogen) atoms. The Bertz CT molecular complexity index is 623. The molecule has 3 unspecified atom stereocenters. The van der Waals surface area contributed by atoms with Crippen molar-refractivity contribution in [1.82, 2.24) is 0 Å². The summed E-state index contributed by atoms with van der Waals surface area (Å²) in [6.07, 6.45) is 0.137. The predicted octanol–water partition coefficient (Wildman–Crippen LogP) is 3.32. The first-order chi connectivity index (χ1) is 13.2. The van der Waals surface area contributed by atoms with Crippen LogP contribution in [0.4, 0.5) is 0 Å². The number of hydrogen-bond donors (Lipinski definition) is 1. The van der Waals surface area contributed by atoms with Crippen LogP contribution < -0.4 is 0 Å². The molecule has 2 fully saturated rings. The first kappa shape index (κ1) is 20.1. The van der Waals surface area contributed by atoms with E-state index in [0.717, 1.165) is 24.8 Å². The zero-order valence-electron chi connectivity index (χ0n) is 15.5. The van der Waals surface area contributed by atoms with E-state index in [1.54, 1.807) is 0 Å². The molecule has 2 saturated heterocycles. The molecule has 2 aliphatic heterocycles. The van der Waals surface area contributed by atoms with Gasteiger partial charge in [0.1, 0.15) is 12.2 Å². The van der Waals surface area contributed by atoms with Crippen LogP contribution in [0.25, 0.3) is 10.4 Å². The summed E-state index contributed by atoms with van der Waals surface area (Å²) < 4.78 is 23.6. The summed E-state index contributed by atoms with van der Waals surface area (Å²) in [6, 6.07) is 9.69. The van der Waals surface area contributed by atoms with Crippen molar-refractivity contribution in [3.05, 3.63) is 46.3 Å². The van der Waals surface area contributed by atoms with Crippen LogP contribution in [-0.4, -0.2) is 49.5 Å². The molecule has 1 N–H and O–H groups in total. The summed E-state index contributed by atoms with van der Waals surface area (Å²) in [6.45, 7) is 3.29. The zero-order chi connectivity index (χ0) is 19.1. The van der Waals surface area contributed by atoms with Gasteiger partial charge in [-0.1, -0.05) is 48.8 Å². The van der Waals surface area contributed by atoms with Crippen molar-refractivity contribution >= 4 is 0 Å². The predicted molar refractivity (Wildman–Crippen MR) is 97.7 cm³/mol. The highest BCUT2D eigenvalue weighted by Crippen LogP contribution is 2.36. The molecular formula is C19H27N3O5. The third kappa shape index (κ3) is 5.19. The van der Waals surface area contributed by atoms with E-state index >= 15 is 0 Å². The number of hydrogen-bond acceptors (Lipinski definition) is 6. The lowest BCUT2D eigenvalue weighted by molar-refractivity contribution is -0.351. The van der Waals surface area contributed by atoms with Crippen molar-refractivity contribution in [2.45, 2.75) is 57.1 Å². The molecule has 148 valence electrons. The molecule has 2 aliphatic rings. The summed E-state index contributed by atoms with van der Waals surface area (Å²) in [5.74, 6) is -0.205. The highest BCUT2D eigenvalue weighted by atomic mass is 16.7. The van der Waals surface area contributed by atoms with Gasteiger partial charge in [-0.3, -0.25) is 0 Å². The van der Waals surface area contributed by atoms with Gasteiger partial charge in [-0.15, -0.1) is 0 Å². The lowest BCUT2D eigenvalue weighted by Gasteiger charge is -2.47. The van der Waals surface area contributed by atoms with Crippen molar-refractivity contribution < 1.29 is 24.1 Å². The highest BCUT2D eigenvalue weighted by Gasteiger charge is 2.47. The number of rotatable bonds is 8.